The van der Waals surface area contributed by atoms with E-state index in [1.165, 1.54) is 134 Å². The molecule has 0 radical (unpaired) electrons. The highest BCUT2D eigenvalue weighted by atomic mass is 32.1. The van der Waals surface area contributed by atoms with E-state index in [2.05, 4.69) is 157 Å². The van der Waals surface area contributed by atoms with Crippen molar-refractivity contribution in [2.75, 3.05) is 4.90 Å². The summed E-state index contributed by atoms with van der Waals surface area (Å²) in [7, 11) is 0. The van der Waals surface area contributed by atoms with Crippen LogP contribution >= 0.6 is 11.3 Å². The SMILES string of the molecule is c1ccc2c(-c3ccc(N(c4ccc(C56CC7CC(CC(C7)C5)C6)cc4)c4ccc5sc6cccc(-c7ccc(C8CC9CCC8C9)cc7)c6c5c4)cc3)cccc2c1. The molecule has 6 fully saturated rings. The molecule has 1 heterocycles. The first-order chi connectivity index (χ1) is 29.1. The lowest BCUT2D eigenvalue weighted by molar-refractivity contribution is -0.00518. The van der Waals surface area contributed by atoms with Gasteiger partial charge in [0, 0.05) is 37.2 Å². The van der Waals surface area contributed by atoms with E-state index < -0.39 is 0 Å². The van der Waals surface area contributed by atoms with E-state index in [4.69, 9.17) is 0 Å². The Kier molecular flexibility index (Phi) is 7.88. The lowest BCUT2D eigenvalue weighted by atomic mass is 9.48. The van der Waals surface area contributed by atoms with E-state index in [0.717, 1.165) is 35.5 Å². The molecule has 0 saturated heterocycles. The third kappa shape index (κ3) is 5.69. The third-order valence-corrected chi connectivity index (χ3v) is 17.3. The molecule has 3 unspecified atom stereocenters. The van der Waals surface area contributed by atoms with Gasteiger partial charge in [-0.25, -0.2) is 0 Å². The van der Waals surface area contributed by atoms with Crippen molar-refractivity contribution in [3.63, 3.8) is 0 Å². The summed E-state index contributed by atoms with van der Waals surface area (Å²) in [6.07, 6.45) is 14.4. The lowest BCUT2D eigenvalue weighted by Gasteiger charge is -2.57. The van der Waals surface area contributed by atoms with Crippen molar-refractivity contribution < 1.29 is 0 Å². The molecular weight excluding hydrogens is 731 g/mol. The minimum atomic E-state index is 0.387. The maximum absolute atomic E-state index is 2.51. The summed E-state index contributed by atoms with van der Waals surface area (Å²) in [5.74, 6) is 5.45. The van der Waals surface area contributed by atoms with Crippen molar-refractivity contribution in [1.29, 1.82) is 0 Å². The summed E-state index contributed by atoms with van der Waals surface area (Å²) in [6.45, 7) is 0. The fraction of sp³-hybridized carbons (Fsp3) is 0.298. The van der Waals surface area contributed by atoms with Gasteiger partial charge in [0.25, 0.3) is 0 Å². The molecule has 6 aliphatic rings. The van der Waals surface area contributed by atoms with E-state index in [-0.39, 0.29) is 0 Å². The van der Waals surface area contributed by atoms with Crippen LogP contribution < -0.4 is 4.90 Å². The van der Waals surface area contributed by atoms with Crippen LogP contribution in [0.25, 0.3) is 53.2 Å². The van der Waals surface area contributed by atoms with E-state index in [1.54, 1.807) is 11.1 Å². The molecule has 6 aliphatic carbocycles. The maximum Gasteiger partial charge on any atom is 0.0468 e. The standard InChI is InChI=1S/C57H51NS/c1-2-7-49-40(5-1)6-3-8-50(49)41-17-21-46(22-18-41)58(47-23-19-45(20-24-47)57-33-37-27-38(34-57)29-39(28-37)35-57)48-25-26-54-53(32-48)56-51(9-4-10-55(56)59-54)42-13-15-43(16-14-42)52-31-36-11-12-44(52)30-36/h1-10,13-26,32,36-39,44,52H,11-12,27-31,33-35H2. The number of nitrogens with zero attached hydrogens (tertiary/aromatic N) is 1. The van der Waals surface area contributed by atoms with Gasteiger partial charge in [0.05, 0.1) is 0 Å². The highest BCUT2D eigenvalue weighted by molar-refractivity contribution is 7.26. The minimum Gasteiger partial charge on any atom is -0.310 e. The molecule has 2 heteroatoms. The molecule has 7 aromatic carbocycles. The number of fused-ring (bicyclic) bond motifs is 6. The molecule has 3 atom stereocenters. The quantitative estimate of drug-likeness (QED) is 0.156. The molecule has 0 N–H and O–H groups in total. The lowest BCUT2D eigenvalue weighted by Crippen LogP contribution is -2.48. The van der Waals surface area contributed by atoms with Gasteiger partial charge in [-0.15, -0.1) is 11.3 Å². The first-order valence-corrected chi connectivity index (χ1v) is 23.5. The van der Waals surface area contributed by atoms with Crippen molar-refractivity contribution in [3.05, 3.63) is 163 Å². The molecule has 290 valence electrons. The van der Waals surface area contributed by atoms with Gasteiger partial charge in [-0.3, -0.25) is 0 Å². The summed E-state index contributed by atoms with van der Waals surface area (Å²) in [6, 6.07) is 58.5. The van der Waals surface area contributed by atoms with Crippen LogP contribution in [0.4, 0.5) is 17.1 Å². The summed E-state index contributed by atoms with van der Waals surface area (Å²) < 4.78 is 2.70. The van der Waals surface area contributed by atoms with E-state index >= 15 is 0 Å². The van der Waals surface area contributed by atoms with Gasteiger partial charge < -0.3 is 4.90 Å². The molecule has 14 rings (SSSR count). The van der Waals surface area contributed by atoms with E-state index in [0.29, 0.717) is 5.41 Å². The number of hydrogen-bond acceptors (Lipinski definition) is 2. The highest BCUT2D eigenvalue weighted by Crippen LogP contribution is 2.61. The normalized spacial score (nSPS) is 26.7. The summed E-state index contributed by atoms with van der Waals surface area (Å²) in [5, 5.41) is 5.30. The first kappa shape index (κ1) is 34.7. The molecule has 0 spiro atoms. The van der Waals surface area contributed by atoms with Gasteiger partial charge in [0.15, 0.2) is 0 Å². The Morgan fingerprint density at radius 1 is 0.475 bits per heavy atom. The van der Waals surface area contributed by atoms with E-state index in [1.807, 2.05) is 11.3 Å². The summed E-state index contributed by atoms with van der Waals surface area (Å²) in [5.41, 5.74) is 12.4. The van der Waals surface area contributed by atoms with Crippen molar-refractivity contribution in [2.24, 2.45) is 29.6 Å². The van der Waals surface area contributed by atoms with Gasteiger partial charge in [0.2, 0.25) is 0 Å². The number of benzene rings is 7. The van der Waals surface area contributed by atoms with Gasteiger partial charge in [-0.05, 0) is 191 Å². The number of hydrogen-bond donors (Lipinski definition) is 0. The van der Waals surface area contributed by atoms with Gasteiger partial charge >= 0.3 is 0 Å². The Hall–Kier alpha value is -5.18. The smallest absolute Gasteiger partial charge is 0.0468 e. The van der Waals surface area contributed by atoms with Crippen molar-refractivity contribution in [2.45, 2.75) is 75.5 Å². The topological polar surface area (TPSA) is 3.24 Å². The molecule has 1 aromatic heterocycles. The Balaban J connectivity index is 0.911. The molecule has 0 aliphatic heterocycles. The highest BCUT2D eigenvalue weighted by Gasteiger charge is 2.51. The van der Waals surface area contributed by atoms with Crippen LogP contribution in [0.3, 0.4) is 0 Å². The van der Waals surface area contributed by atoms with Gasteiger partial charge in [-0.2, -0.15) is 0 Å². The zero-order valence-corrected chi connectivity index (χ0v) is 34.6. The third-order valence-electron chi connectivity index (χ3n) is 16.1. The second-order valence-electron chi connectivity index (χ2n) is 19.5. The molecule has 59 heavy (non-hydrogen) atoms. The predicted molar refractivity (Wildman–Crippen MR) is 250 cm³/mol. The molecule has 1 nitrogen and oxygen atoms in total. The number of rotatable bonds is 7. The van der Waals surface area contributed by atoms with Crippen LogP contribution in [0.2, 0.25) is 0 Å². The monoisotopic (exact) mass is 781 g/mol. The first-order valence-electron chi connectivity index (χ1n) is 22.7. The Morgan fingerprint density at radius 3 is 1.85 bits per heavy atom. The maximum atomic E-state index is 2.51. The minimum absolute atomic E-state index is 0.387. The average molecular weight is 782 g/mol. The molecule has 6 bridgehead atoms. The van der Waals surface area contributed by atoms with Crippen LogP contribution in [-0.4, -0.2) is 0 Å². The van der Waals surface area contributed by atoms with Crippen molar-refractivity contribution >= 4 is 59.3 Å². The summed E-state index contributed by atoms with van der Waals surface area (Å²) in [4.78, 5) is 2.51. The summed E-state index contributed by atoms with van der Waals surface area (Å²) >= 11 is 1.93. The zero-order valence-electron chi connectivity index (χ0n) is 33.8. The predicted octanol–water partition coefficient (Wildman–Crippen LogP) is 16.4. The van der Waals surface area contributed by atoms with Crippen LogP contribution in [0.1, 0.15) is 81.3 Å². The van der Waals surface area contributed by atoms with E-state index in [9.17, 15) is 0 Å². The fourth-order valence-corrected chi connectivity index (χ4v) is 15.0. The Labute approximate surface area is 352 Å². The number of thiophene rings is 1. The van der Waals surface area contributed by atoms with Crippen molar-refractivity contribution in [3.8, 4) is 22.3 Å². The van der Waals surface area contributed by atoms with Crippen LogP contribution in [0.5, 0.6) is 0 Å². The Bertz CT molecular complexity index is 2840. The van der Waals surface area contributed by atoms with Gasteiger partial charge in [-0.1, -0.05) is 110 Å². The van der Waals surface area contributed by atoms with Gasteiger partial charge in [0.1, 0.15) is 0 Å². The van der Waals surface area contributed by atoms with Crippen LogP contribution in [0.15, 0.2) is 152 Å². The largest absolute Gasteiger partial charge is 0.310 e. The van der Waals surface area contributed by atoms with Crippen LogP contribution in [0, 0.1) is 29.6 Å². The number of anilines is 3. The molecule has 6 saturated carbocycles. The van der Waals surface area contributed by atoms with Crippen LogP contribution in [-0.2, 0) is 5.41 Å². The molecule has 0 amide bonds. The average Bonchev–Trinajstić information content (AvgIpc) is 4.02. The second kappa shape index (κ2) is 13.4. The Morgan fingerprint density at radius 2 is 1.12 bits per heavy atom. The molecular formula is C57H51NS. The molecule has 8 aromatic rings. The zero-order chi connectivity index (χ0) is 38.7. The second-order valence-corrected chi connectivity index (χ2v) is 20.6. The fourth-order valence-electron chi connectivity index (χ4n) is 13.9. The van der Waals surface area contributed by atoms with Crippen molar-refractivity contribution in [1.82, 2.24) is 0 Å².